The molecule has 0 radical (unpaired) electrons. The summed E-state index contributed by atoms with van der Waals surface area (Å²) in [4.78, 5) is 81.7. The molecule has 6 aromatic carbocycles. The molecule has 6 atom stereocenters. The molecule has 0 spiro atoms. The first-order valence-corrected chi connectivity index (χ1v) is 30.6. The average Bonchev–Trinajstić information content (AvgIpc) is 0.832. The molecule has 0 unspecified atom stereocenters. The van der Waals surface area contributed by atoms with E-state index in [1.165, 1.54) is 21.3 Å². The second-order valence-corrected chi connectivity index (χ2v) is 25.1. The van der Waals surface area contributed by atoms with Crippen molar-refractivity contribution in [1.82, 2.24) is 14.7 Å². The summed E-state index contributed by atoms with van der Waals surface area (Å²) in [6.07, 6.45) is 12.6. The van der Waals surface area contributed by atoms with Crippen LogP contribution in [0.2, 0.25) is 0 Å². The van der Waals surface area contributed by atoms with E-state index in [2.05, 4.69) is 0 Å². The van der Waals surface area contributed by atoms with Gasteiger partial charge < -0.3 is 43.1 Å². The lowest BCUT2D eigenvalue weighted by Crippen LogP contribution is -2.48. The van der Waals surface area contributed by atoms with Crippen molar-refractivity contribution in [3.8, 4) is 33.4 Å². The molecule has 6 aromatic rings. The van der Waals surface area contributed by atoms with Gasteiger partial charge in [-0.3, -0.25) is 14.4 Å². The van der Waals surface area contributed by atoms with Gasteiger partial charge in [-0.05, 0) is 132 Å². The van der Waals surface area contributed by atoms with Crippen LogP contribution in [0.15, 0.2) is 200 Å². The van der Waals surface area contributed by atoms with Gasteiger partial charge in [0, 0.05) is 19.6 Å². The van der Waals surface area contributed by atoms with E-state index in [9.17, 15) is 28.8 Å². The number of amides is 3. The molecule has 0 saturated carbocycles. The van der Waals surface area contributed by atoms with Crippen LogP contribution in [-0.4, -0.2) is 127 Å². The van der Waals surface area contributed by atoms with Gasteiger partial charge in [0.2, 0.25) is 0 Å². The van der Waals surface area contributed by atoms with E-state index in [-0.39, 0.29) is 40.2 Å². The highest BCUT2D eigenvalue weighted by Crippen LogP contribution is 2.36. The number of rotatable bonds is 12. The van der Waals surface area contributed by atoms with E-state index in [4.69, 9.17) is 28.4 Å². The third-order valence-corrected chi connectivity index (χ3v) is 15.1. The Kier molecular flexibility index (Phi) is 28.7. The molecular weight excluding hydrogens is 1170 g/mol. The van der Waals surface area contributed by atoms with Gasteiger partial charge in [0.05, 0.1) is 39.5 Å². The van der Waals surface area contributed by atoms with Crippen molar-refractivity contribution in [3.63, 3.8) is 0 Å². The normalized spacial score (nSPS) is 16.8. The van der Waals surface area contributed by atoms with Gasteiger partial charge >= 0.3 is 36.2 Å². The number of nitrogens with zero attached hydrogens (tertiary/aromatic N) is 3. The van der Waals surface area contributed by atoms with Gasteiger partial charge in [-0.25, -0.2) is 14.4 Å². The number of hydrogen-bond acceptors (Lipinski definition) is 12. The van der Waals surface area contributed by atoms with E-state index >= 15 is 0 Å². The Hall–Kier alpha value is -9.24. The first-order chi connectivity index (χ1) is 42.9. The van der Waals surface area contributed by atoms with Crippen LogP contribution >= 0.6 is 0 Å². The predicted octanol–water partition coefficient (Wildman–Crippen LogP) is 17.4. The molecule has 0 bridgehead atoms. The zero-order valence-electron chi connectivity index (χ0n) is 54.0. The first kappa shape index (κ1) is 76.2. The minimum atomic E-state index is -0.635. The second kappa shape index (κ2) is 35.0. The molecule has 0 aromatic heterocycles. The van der Waals surface area contributed by atoms with E-state index < -0.39 is 71.0 Å². The largest absolute Gasteiger partial charge is 0.468 e. The molecule has 0 aliphatic carbocycles. The van der Waals surface area contributed by atoms with E-state index in [0.29, 0.717) is 19.6 Å². The summed E-state index contributed by atoms with van der Waals surface area (Å²) in [6, 6.07) is 52.3. The Morgan fingerprint density at radius 3 is 0.731 bits per heavy atom. The topological polar surface area (TPSA) is 168 Å². The maximum atomic E-state index is 12.8. The average molecular weight is 1270 g/mol. The Morgan fingerprint density at radius 1 is 0.333 bits per heavy atom. The summed E-state index contributed by atoms with van der Waals surface area (Å²) in [7, 11) is 4.12. The number of methoxy groups -OCH3 is 3. The lowest BCUT2D eigenvalue weighted by Gasteiger charge is -2.37. The predicted molar refractivity (Wildman–Crippen MR) is 372 cm³/mol. The second-order valence-electron chi connectivity index (χ2n) is 25.1. The fourth-order valence-corrected chi connectivity index (χ4v) is 10.9. The van der Waals surface area contributed by atoms with Crippen LogP contribution in [0.1, 0.15) is 138 Å². The third kappa shape index (κ3) is 21.4. The summed E-state index contributed by atoms with van der Waals surface area (Å²) in [5.41, 5.74) is 7.06. The molecule has 3 amide bonds. The molecule has 0 saturated heterocycles. The summed E-state index contributed by atoms with van der Waals surface area (Å²) in [5, 5.41) is 0. The Morgan fingerprint density at radius 2 is 0.538 bits per heavy atom. The van der Waals surface area contributed by atoms with Crippen LogP contribution in [0.3, 0.4) is 0 Å². The van der Waals surface area contributed by atoms with Crippen LogP contribution in [0.4, 0.5) is 14.4 Å². The van der Waals surface area contributed by atoms with E-state index in [1.54, 1.807) is 14.7 Å². The molecule has 93 heavy (non-hydrogen) atoms. The summed E-state index contributed by atoms with van der Waals surface area (Å²) in [6.45, 7) is 18.0. The highest BCUT2D eigenvalue weighted by atomic mass is 16.6. The van der Waals surface area contributed by atoms with Crippen LogP contribution in [0, 0.1) is 0 Å². The van der Waals surface area contributed by atoms with Crippen molar-refractivity contribution in [2.24, 2.45) is 0 Å². The molecular formula is C78H99N3O12. The lowest BCUT2D eigenvalue weighted by molar-refractivity contribution is -0.144. The van der Waals surface area contributed by atoms with E-state index in [1.807, 2.05) is 263 Å². The molecule has 15 heteroatoms. The van der Waals surface area contributed by atoms with Crippen molar-refractivity contribution in [2.75, 3.05) is 41.0 Å². The Labute approximate surface area is 553 Å². The van der Waals surface area contributed by atoms with Crippen LogP contribution in [-0.2, 0) is 42.8 Å². The van der Waals surface area contributed by atoms with Crippen LogP contribution in [0.5, 0.6) is 0 Å². The zero-order chi connectivity index (χ0) is 65.2. The Bertz CT molecular complexity index is 3060. The fourth-order valence-electron chi connectivity index (χ4n) is 10.9. The van der Waals surface area contributed by atoms with E-state index in [0.717, 1.165) is 69.3 Å². The minimum absolute atomic E-state index is 0. The van der Waals surface area contributed by atoms with Gasteiger partial charge in [0.25, 0.3) is 0 Å². The number of ether oxygens (including phenoxy) is 6. The molecule has 3 aliphatic rings. The molecule has 0 fully saturated rings. The maximum Gasteiger partial charge on any atom is 0.410 e. The van der Waals surface area contributed by atoms with Crippen molar-refractivity contribution in [2.45, 2.75) is 157 Å². The highest BCUT2D eigenvalue weighted by Gasteiger charge is 2.42. The fraction of sp³-hybridized carbons (Fsp3) is 0.385. The van der Waals surface area contributed by atoms with Crippen LogP contribution in [0.25, 0.3) is 33.4 Å². The SMILES string of the molecule is C.C.C.COC(=O)[C@@H](c1ccc(-c2ccccc2)cc1)[C@H]1C=CCCN1C(=O)OC(C)(C)C.COC(=O)[C@@H](c1ccc(-c2ccccc2)cc1)[C@H]1C=CCCN1C(=O)OC(C)(C)C.COC(=O)[C@H](c1ccc(-c2ccccc2)cc1)[C@@H]1C=CCCN1C(=O)OC(C)(C)C. The van der Waals surface area contributed by atoms with Gasteiger partial charge in [-0.1, -0.05) is 223 Å². The summed E-state index contributed by atoms with van der Waals surface area (Å²) in [5.74, 6) is -3.05. The number of esters is 3. The Balaban J connectivity index is 0.000000293. The quantitative estimate of drug-likeness (QED) is 0.0647. The summed E-state index contributed by atoms with van der Waals surface area (Å²) < 4.78 is 32.1. The first-order valence-electron chi connectivity index (χ1n) is 30.6. The molecule has 15 nitrogen and oxygen atoms in total. The number of hydrogen-bond donors (Lipinski definition) is 0. The smallest absolute Gasteiger partial charge is 0.410 e. The van der Waals surface area contributed by atoms with Gasteiger partial charge in [0.15, 0.2) is 0 Å². The minimum Gasteiger partial charge on any atom is -0.468 e. The standard InChI is InChI=1S/3C25H29NO4.3CH4/c3*1-25(2,3)30-24(28)26-17-9-8-12-21(26)22(23(27)29-4)20-15-13-19(14-16-20)18-10-6-5-7-11-18;;;/h3*5-8,10-16,21-22H,9,17H2,1-4H3;3*1H4/t3*21-,22+;;;/m110.../s1. The van der Waals surface area contributed by atoms with Crippen molar-refractivity contribution >= 4 is 36.2 Å². The molecule has 498 valence electrons. The van der Waals surface area contributed by atoms with Gasteiger partial charge in [0.1, 0.15) is 34.6 Å². The lowest BCUT2D eigenvalue weighted by atomic mass is 9.87. The highest BCUT2D eigenvalue weighted by molar-refractivity contribution is 5.84. The monoisotopic (exact) mass is 1270 g/mol. The van der Waals surface area contributed by atoms with Gasteiger partial charge in [-0.15, -0.1) is 0 Å². The summed E-state index contributed by atoms with van der Waals surface area (Å²) >= 11 is 0. The third-order valence-electron chi connectivity index (χ3n) is 15.1. The van der Waals surface area contributed by atoms with Crippen molar-refractivity contribution in [3.05, 3.63) is 217 Å². The molecule has 3 heterocycles. The molecule has 9 rings (SSSR count). The van der Waals surface area contributed by atoms with Crippen LogP contribution < -0.4 is 0 Å². The van der Waals surface area contributed by atoms with Crippen molar-refractivity contribution < 1.29 is 57.2 Å². The number of benzene rings is 6. The molecule has 0 N–H and O–H groups in total. The zero-order valence-corrected chi connectivity index (χ0v) is 54.0. The van der Waals surface area contributed by atoms with Crippen molar-refractivity contribution in [1.29, 1.82) is 0 Å². The maximum absolute atomic E-state index is 12.8. The van der Waals surface area contributed by atoms with Gasteiger partial charge in [-0.2, -0.15) is 0 Å². The molecule has 3 aliphatic heterocycles. The number of carbonyl (C=O) groups is 6. The number of carbonyl (C=O) groups excluding carboxylic acids is 6.